The smallest absolute Gasteiger partial charge is 0.192 e. The number of benzene rings is 1. The molecule has 0 saturated carbocycles. The molecule has 0 N–H and O–H groups in total. The van der Waals surface area contributed by atoms with E-state index in [-0.39, 0.29) is 14.8 Å². The van der Waals surface area contributed by atoms with Crippen LogP contribution < -0.4 is 4.90 Å². The fourth-order valence-corrected chi connectivity index (χ4v) is 7.80. The van der Waals surface area contributed by atoms with Crippen molar-refractivity contribution in [3.8, 4) is 0 Å². The zero-order valence-corrected chi connectivity index (χ0v) is 32.6. The zero-order valence-electron chi connectivity index (χ0n) is 29.0. The van der Waals surface area contributed by atoms with Crippen LogP contribution in [0.3, 0.4) is 0 Å². The number of hydrogen-bond acceptors (Lipinski definition) is 7. The summed E-state index contributed by atoms with van der Waals surface area (Å²) in [6.45, 7) is 35.6. The summed E-state index contributed by atoms with van der Waals surface area (Å²) in [5.41, 5.74) is 3.65. The Morgan fingerprint density at radius 3 is 1.59 bits per heavy atom. The number of rotatable bonds is 19. The average molecular weight is 646 g/mol. The second-order valence-corrected chi connectivity index (χ2v) is 27.5. The Morgan fingerprint density at radius 2 is 1.17 bits per heavy atom. The predicted octanol–water partition coefficient (Wildman–Crippen LogP) is 9.77. The molecule has 0 aliphatic carbocycles. The molecule has 0 fully saturated rings. The SMILES string of the molecule is CCCOCCOCCN(CC(C)(C)SSC)c1cc(CO[Si](C)(C)C(C)(C)C)cc(CO[Si](C)(C)C(C)(C)C)c1. The van der Waals surface area contributed by atoms with Gasteiger partial charge in [-0.05, 0) is 86.0 Å². The van der Waals surface area contributed by atoms with Crippen LogP contribution in [0.2, 0.25) is 36.3 Å². The number of nitrogens with zero attached hydrogens (tertiary/aromatic N) is 1. The summed E-state index contributed by atoms with van der Waals surface area (Å²) in [6, 6.07) is 6.95. The van der Waals surface area contributed by atoms with Gasteiger partial charge in [-0.25, -0.2) is 0 Å². The molecule has 0 atom stereocenters. The monoisotopic (exact) mass is 645 g/mol. The molecule has 0 heterocycles. The van der Waals surface area contributed by atoms with E-state index in [1.165, 1.54) is 16.8 Å². The molecule has 0 aromatic heterocycles. The minimum Gasteiger partial charge on any atom is -0.413 e. The van der Waals surface area contributed by atoms with Crippen LogP contribution in [-0.4, -0.2) is 67.2 Å². The fourth-order valence-electron chi connectivity index (χ4n) is 3.70. The molecule has 240 valence electrons. The van der Waals surface area contributed by atoms with Crippen LogP contribution in [0.25, 0.3) is 0 Å². The molecule has 0 aliphatic heterocycles. The minimum atomic E-state index is -1.89. The average Bonchev–Trinajstić information content (AvgIpc) is 2.83. The van der Waals surface area contributed by atoms with Crippen molar-refractivity contribution >= 4 is 43.9 Å². The van der Waals surface area contributed by atoms with Crippen LogP contribution in [0.15, 0.2) is 18.2 Å². The minimum absolute atomic E-state index is 0.0785. The summed E-state index contributed by atoms with van der Waals surface area (Å²) in [6.07, 6.45) is 3.19. The first-order valence-corrected chi connectivity index (χ1v) is 23.6. The molecule has 0 amide bonds. The van der Waals surface area contributed by atoms with Gasteiger partial charge in [0, 0.05) is 30.1 Å². The van der Waals surface area contributed by atoms with Gasteiger partial charge in [-0.2, -0.15) is 0 Å². The van der Waals surface area contributed by atoms with Crippen LogP contribution >= 0.6 is 21.6 Å². The van der Waals surface area contributed by atoms with E-state index in [4.69, 9.17) is 18.3 Å². The first-order valence-electron chi connectivity index (χ1n) is 15.3. The summed E-state index contributed by atoms with van der Waals surface area (Å²) in [5.74, 6) is 0. The van der Waals surface area contributed by atoms with E-state index in [0.717, 1.165) is 26.1 Å². The summed E-state index contributed by atoms with van der Waals surface area (Å²) in [5, 5.41) is 0.338. The van der Waals surface area contributed by atoms with Gasteiger partial charge in [0.15, 0.2) is 16.6 Å². The van der Waals surface area contributed by atoms with Gasteiger partial charge < -0.3 is 23.2 Å². The lowest BCUT2D eigenvalue weighted by Crippen LogP contribution is -2.41. The normalized spacial score (nSPS) is 13.6. The van der Waals surface area contributed by atoms with Crippen molar-refractivity contribution in [1.29, 1.82) is 0 Å². The summed E-state index contributed by atoms with van der Waals surface area (Å²) < 4.78 is 25.1. The second-order valence-electron chi connectivity index (χ2n) is 14.8. The molecule has 0 radical (unpaired) electrons. The standard InChI is InChI=1S/C32H63NO4S2Si2/c1-15-17-34-19-20-35-18-16-33(26-32(8,9)39-38-10)29-22-27(24-36-40(11,12)30(2,3)4)21-28(23-29)25-37-41(13,14)31(5,6)7/h21-23H,15-20,24-26H2,1-14H3. The molecule has 0 aliphatic rings. The maximum atomic E-state index is 6.70. The Balaban J connectivity index is 3.33. The quantitative estimate of drug-likeness (QED) is 0.0843. The van der Waals surface area contributed by atoms with E-state index < -0.39 is 16.6 Å². The molecule has 5 nitrogen and oxygen atoms in total. The van der Waals surface area contributed by atoms with E-state index in [9.17, 15) is 0 Å². The molecule has 1 aromatic rings. The largest absolute Gasteiger partial charge is 0.413 e. The highest BCUT2D eigenvalue weighted by molar-refractivity contribution is 8.77. The zero-order chi connectivity index (χ0) is 31.5. The fraction of sp³-hybridized carbons (Fsp3) is 0.812. The van der Waals surface area contributed by atoms with Crippen LogP contribution in [0.5, 0.6) is 0 Å². The maximum Gasteiger partial charge on any atom is 0.192 e. The van der Waals surface area contributed by atoms with Crippen molar-refractivity contribution < 1.29 is 18.3 Å². The van der Waals surface area contributed by atoms with Crippen molar-refractivity contribution in [3.05, 3.63) is 29.3 Å². The van der Waals surface area contributed by atoms with E-state index in [2.05, 4.69) is 118 Å². The maximum absolute atomic E-state index is 6.70. The molecule has 1 rings (SSSR count). The van der Waals surface area contributed by atoms with Gasteiger partial charge in [-0.3, -0.25) is 0 Å². The van der Waals surface area contributed by atoms with Gasteiger partial charge in [0.25, 0.3) is 0 Å². The second kappa shape index (κ2) is 16.9. The van der Waals surface area contributed by atoms with Crippen LogP contribution in [-0.2, 0) is 31.5 Å². The Labute approximate surface area is 264 Å². The first kappa shape index (κ1) is 39.0. The van der Waals surface area contributed by atoms with Gasteiger partial charge in [0.1, 0.15) is 0 Å². The van der Waals surface area contributed by atoms with E-state index >= 15 is 0 Å². The lowest BCUT2D eigenvalue weighted by molar-refractivity contribution is 0.0505. The van der Waals surface area contributed by atoms with Gasteiger partial charge in [-0.1, -0.05) is 76.1 Å². The van der Waals surface area contributed by atoms with E-state index in [1.807, 2.05) is 21.6 Å². The number of hydrogen-bond donors (Lipinski definition) is 0. The summed E-state index contributed by atoms with van der Waals surface area (Å²) >= 11 is 0. The lowest BCUT2D eigenvalue weighted by atomic mass is 10.1. The molecule has 0 unspecified atom stereocenters. The Bertz CT molecular complexity index is 850. The molecular weight excluding hydrogens is 583 g/mol. The van der Waals surface area contributed by atoms with Crippen molar-refractivity contribution in [3.63, 3.8) is 0 Å². The van der Waals surface area contributed by atoms with Crippen molar-refractivity contribution in [1.82, 2.24) is 0 Å². The molecule has 0 saturated heterocycles. The van der Waals surface area contributed by atoms with E-state index in [0.29, 0.717) is 33.0 Å². The summed E-state index contributed by atoms with van der Waals surface area (Å²) in [4.78, 5) is 2.49. The first-order chi connectivity index (χ1) is 18.7. The van der Waals surface area contributed by atoms with Crippen molar-refractivity contribution in [2.75, 3.05) is 50.7 Å². The van der Waals surface area contributed by atoms with Gasteiger partial charge >= 0.3 is 0 Å². The van der Waals surface area contributed by atoms with Crippen LogP contribution in [0.1, 0.15) is 79.9 Å². The predicted molar refractivity (Wildman–Crippen MR) is 190 cm³/mol. The Kier molecular flexibility index (Phi) is 16.1. The molecule has 1 aromatic carbocycles. The molecule has 9 heteroatoms. The summed E-state index contributed by atoms with van der Waals surface area (Å²) in [7, 11) is -0.0200. The van der Waals surface area contributed by atoms with Crippen LogP contribution in [0.4, 0.5) is 5.69 Å². The van der Waals surface area contributed by atoms with Crippen molar-refractivity contribution in [2.24, 2.45) is 0 Å². The lowest BCUT2D eigenvalue weighted by Gasteiger charge is -2.37. The number of anilines is 1. The highest BCUT2D eigenvalue weighted by atomic mass is 33.1. The third kappa shape index (κ3) is 14.1. The molecule has 41 heavy (non-hydrogen) atoms. The molecule has 0 spiro atoms. The Morgan fingerprint density at radius 1 is 0.707 bits per heavy atom. The van der Waals surface area contributed by atoms with Crippen LogP contribution in [0, 0.1) is 0 Å². The third-order valence-corrected chi connectivity index (χ3v) is 19.9. The highest BCUT2D eigenvalue weighted by Gasteiger charge is 2.38. The highest BCUT2D eigenvalue weighted by Crippen LogP contribution is 2.39. The third-order valence-electron chi connectivity index (χ3n) is 8.32. The van der Waals surface area contributed by atoms with E-state index in [1.54, 1.807) is 0 Å². The molecular formula is C32H63NO4S2Si2. The Hall–Kier alpha value is -0.00623. The van der Waals surface area contributed by atoms with Gasteiger partial charge in [0.05, 0.1) is 33.0 Å². The topological polar surface area (TPSA) is 40.2 Å². The molecule has 0 bridgehead atoms. The number of ether oxygens (including phenoxy) is 2. The van der Waals surface area contributed by atoms with Gasteiger partial charge in [0.2, 0.25) is 0 Å². The van der Waals surface area contributed by atoms with Crippen molar-refractivity contribution in [2.45, 2.75) is 123 Å². The van der Waals surface area contributed by atoms with Gasteiger partial charge in [-0.15, -0.1) is 0 Å².